The van der Waals surface area contributed by atoms with Crippen molar-refractivity contribution in [2.45, 2.75) is 31.5 Å². The minimum atomic E-state index is -0.575. The van der Waals surface area contributed by atoms with E-state index in [9.17, 15) is 5.11 Å². The molecule has 4 heterocycles. The Labute approximate surface area is 193 Å². The van der Waals surface area contributed by atoms with Crippen LogP contribution in [0.2, 0.25) is 0 Å². The van der Waals surface area contributed by atoms with Gasteiger partial charge in [-0.15, -0.1) is 0 Å². The molecule has 5 rings (SSSR count). The second-order valence-corrected chi connectivity index (χ2v) is 8.58. The number of nitrogens with one attached hydrogen (secondary N) is 1. The van der Waals surface area contributed by atoms with Crippen molar-refractivity contribution in [3.8, 4) is 17.2 Å². The third kappa shape index (κ3) is 5.03. The van der Waals surface area contributed by atoms with Crippen LogP contribution >= 0.6 is 0 Å². The zero-order valence-corrected chi connectivity index (χ0v) is 18.9. The lowest BCUT2D eigenvalue weighted by molar-refractivity contribution is 0.0948. The normalized spacial score (nSPS) is 17.8. The van der Waals surface area contributed by atoms with E-state index in [1.54, 1.807) is 19.5 Å². The van der Waals surface area contributed by atoms with Gasteiger partial charge in [-0.3, -0.25) is 9.97 Å². The van der Waals surface area contributed by atoms with Crippen LogP contribution in [-0.4, -0.2) is 66.0 Å². The molecule has 0 saturated carbocycles. The SMILES string of the molecule is COc1cnc2cccc(C(O)CN3CCC(NCc4cc5c(cn4)OCCO5)CC3)c2c1. The van der Waals surface area contributed by atoms with Crippen molar-refractivity contribution in [1.82, 2.24) is 20.2 Å². The van der Waals surface area contributed by atoms with E-state index < -0.39 is 6.10 Å². The van der Waals surface area contributed by atoms with Gasteiger partial charge in [-0.05, 0) is 43.6 Å². The zero-order chi connectivity index (χ0) is 22.6. The smallest absolute Gasteiger partial charge is 0.179 e. The molecule has 1 atom stereocenters. The number of fused-ring (bicyclic) bond motifs is 2. The van der Waals surface area contributed by atoms with E-state index in [2.05, 4.69) is 20.2 Å². The van der Waals surface area contributed by atoms with E-state index in [1.165, 1.54) is 0 Å². The van der Waals surface area contributed by atoms with Crippen molar-refractivity contribution in [2.75, 3.05) is 40.0 Å². The topological polar surface area (TPSA) is 89.0 Å². The summed E-state index contributed by atoms with van der Waals surface area (Å²) in [6.07, 6.45) is 4.93. The van der Waals surface area contributed by atoms with Gasteiger partial charge in [0.2, 0.25) is 0 Å². The molecule has 0 aliphatic carbocycles. The second-order valence-electron chi connectivity index (χ2n) is 8.58. The van der Waals surface area contributed by atoms with Crippen LogP contribution in [0.15, 0.2) is 42.7 Å². The maximum absolute atomic E-state index is 11.0. The largest absolute Gasteiger partial charge is 0.495 e. The van der Waals surface area contributed by atoms with Crippen molar-refractivity contribution in [3.05, 3.63) is 54.0 Å². The number of hydrogen-bond donors (Lipinski definition) is 2. The molecule has 0 bridgehead atoms. The second kappa shape index (κ2) is 9.91. The molecule has 33 heavy (non-hydrogen) atoms. The van der Waals surface area contributed by atoms with E-state index in [0.717, 1.165) is 59.6 Å². The Morgan fingerprint density at radius 1 is 1.12 bits per heavy atom. The van der Waals surface area contributed by atoms with Crippen molar-refractivity contribution in [1.29, 1.82) is 0 Å². The van der Waals surface area contributed by atoms with E-state index in [0.29, 0.717) is 38.1 Å². The van der Waals surface area contributed by atoms with Crippen LogP contribution in [0.25, 0.3) is 10.9 Å². The number of methoxy groups -OCH3 is 1. The van der Waals surface area contributed by atoms with Gasteiger partial charge in [0.1, 0.15) is 19.0 Å². The number of pyridine rings is 2. The number of hydrogen-bond acceptors (Lipinski definition) is 8. The molecule has 3 aromatic rings. The summed E-state index contributed by atoms with van der Waals surface area (Å²) in [5.41, 5.74) is 2.71. The predicted octanol–water partition coefficient (Wildman–Crippen LogP) is 2.70. The highest BCUT2D eigenvalue weighted by atomic mass is 16.6. The zero-order valence-electron chi connectivity index (χ0n) is 18.9. The van der Waals surface area contributed by atoms with Gasteiger partial charge in [0, 0.05) is 30.6 Å². The lowest BCUT2D eigenvalue weighted by Gasteiger charge is -2.33. The first kappa shape index (κ1) is 21.9. The van der Waals surface area contributed by atoms with Gasteiger partial charge in [-0.25, -0.2) is 0 Å². The van der Waals surface area contributed by atoms with Gasteiger partial charge < -0.3 is 29.5 Å². The molecule has 1 aromatic carbocycles. The molecular formula is C25H30N4O4. The highest BCUT2D eigenvalue weighted by Crippen LogP contribution is 2.30. The Morgan fingerprint density at radius 2 is 1.94 bits per heavy atom. The van der Waals surface area contributed by atoms with Crippen LogP contribution in [0.4, 0.5) is 0 Å². The summed E-state index contributed by atoms with van der Waals surface area (Å²) in [7, 11) is 1.63. The number of likely N-dealkylation sites (tertiary alicyclic amines) is 1. The fraction of sp³-hybridized carbons (Fsp3) is 0.440. The van der Waals surface area contributed by atoms with Crippen LogP contribution < -0.4 is 19.5 Å². The molecule has 8 heteroatoms. The highest BCUT2D eigenvalue weighted by molar-refractivity contribution is 5.83. The van der Waals surface area contributed by atoms with Crippen molar-refractivity contribution < 1.29 is 19.3 Å². The van der Waals surface area contributed by atoms with E-state index in [-0.39, 0.29) is 0 Å². The summed E-state index contributed by atoms with van der Waals surface area (Å²) in [6.45, 7) is 4.34. The average Bonchev–Trinajstić information content (AvgIpc) is 2.87. The number of benzene rings is 1. The number of rotatable bonds is 7. The molecule has 2 aliphatic rings. The molecule has 1 fully saturated rings. The van der Waals surface area contributed by atoms with Gasteiger partial charge in [0.05, 0.1) is 36.8 Å². The summed E-state index contributed by atoms with van der Waals surface area (Å²) in [6, 6.07) is 10.2. The minimum absolute atomic E-state index is 0.430. The molecular weight excluding hydrogens is 420 g/mol. The summed E-state index contributed by atoms with van der Waals surface area (Å²) in [4.78, 5) is 11.3. The van der Waals surface area contributed by atoms with Crippen molar-refractivity contribution in [3.63, 3.8) is 0 Å². The molecule has 0 radical (unpaired) electrons. The number of β-amino-alcohol motifs (C(OH)–C–C–N with tert-alkyl or cyclic N) is 1. The standard InChI is InChI=1S/C25H30N4O4/c1-31-19-12-21-20(3-2-4-22(21)28-14-19)23(30)16-29-7-5-17(6-8-29)26-13-18-11-24-25(15-27-18)33-10-9-32-24/h2-4,11-12,14-15,17,23,26,30H,5-10,13,16H2,1H3. The number of nitrogens with zero attached hydrogens (tertiary/aromatic N) is 3. The minimum Gasteiger partial charge on any atom is -0.495 e. The Balaban J connectivity index is 1.14. The lowest BCUT2D eigenvalue weighted by atomic mass is 10.0. The molecule has 1 saturated heterocycles. The number of ether oxygens (including phenoxy) is 3. The van der Waals surface area contributed by atoms with E-state index >= 15 is 0 Å². The van der Waals surface area contributed by atoms with Crippen molar-refractivity contribution in [2.24, 2.45) is 0 Å². The number of aliphatic hydroxyl groups excluding tert-OH is 1. The fourth-order valence-electron chi connectivity index (χ4n) is 4.55. The first-order valence-corrected chi connectivity index (χ1v) is 11.5. The molecule has 0 amide bonds. The molecule has 0 spiro atoms. The van der Waals surface area contributed by atoms with Crippen LogP contribution in [0.1, 0.15) is 30.2 Å². The first-order valence-electron chi connectivity index (χ1n) is 11.5. The molecule has 8 nitrogen and oxygen atoms in total. The van der Waals surface area contributed by atoms with Gasteiger partial charge in [0.15, 0.2) is 11.5 Å². The molecule has 174 valence electrons. The summed E-state index contributed by atoms with van der Waals surface area (Å²) >= 11 is 0. The van der Waals surface area contributed by atoms with E-state index in [1.807, 2.05) is 30.3 Å². The third-order valence-electron chi connectivity index (χ3n) is 6.41. The van der Waals surface area contributed by atoms with Crippen LogP contribution in [0.3, 0.4) is 0 Å². The molecule has 1 unspecified atom stereocenters. The fourth-order valence-corrected chi connectivity index (χ4v) is 4.55. The Kier molecular flexibility index (Phi) is 6.57. The lowest BCUT2D eigenvalue weighted by Crippen LogP contribution is -2.43. The van der Waals surface area contributed by atoms with Gasteiger partial charge in [0.25, 0.3) is 0 Å². The number of piperidine rings is 1. The predicted molar refractivity (Wildman–Crippen MR) is 125 cm³/mol. The van der Waals surface area contributed by atoms with Crippen LogP contribution in [0.5, 0.6) is 17.2 Å². The molecule has 2 aromatic heterocycles. The van der Waals surface area contributed by atoms with Crippen LogP contribution in [0, 0.1) is 0 Å². The summed E-state index contributed by atoms with van der Waals surface area (Å²) < 4.78 is 16.5. The Hall–Kier alpha value is -2.94. The number of aliphatic hydroxyl groups is 1. The molecule has 2 aliphatic heterocycles. The van der Waals surface area contributed by atoms with Gasteiger partial charge >= 0.3 is 0 Å². The third-order valence-corrected chi connectivity index (χ3v) is 6.41. The number of aromatic nitrogens is 2. The van der Waals surface area contributed by atoms with Crippen molar-refractivity contribution >= 4 is 10.9 Å². The Morgan fingerprint density at radius 3 is 2.76 bits per heavy atom. The maximum atomic E-state index is 11.0. The highest BCUT2D eigenvalue weighted by Gasteiger charge is 2.23. The van der Waals surface area contributed by atoms with Gasteiger partial charge in [-0.1, -0.05) is 12.1 Å². The Bertz CT molecular complexity index is 1100. The average molecular weight is 451 g/mol. The monoisotopic (exact) mass is 450 g/mol. The first-order chi connectivity index (χ1) is 16.2. The maximum Gasteiger partial charge on any atom is 0.179 e. The van der Waals surface area contributed by atoms with Crippen LogP contribution in [-0.2, 0) is 6.54 Å². The van der Waals surface area contributed by atoms with Gasteiger partial charge in [-0.2, -0.15) is 0 Å². The van der Waals surface area contributed by atoms with E-state index in [4.69, 9.17) is 14.2 Å². The summed E-state index contributed by atoms with van der Waals surface area (Å²) in [5.74, 6) is 2.19. The summed E-state index contributed by atoms with van der Waals surface area (Å²) in [5, 5.41) is 15.5. The quantitative estimate of drug-likeness (QED) is 0.568. The molecule has 2 N–H and O–H groups in total.